The van der Waals surface area contributed by atoms with Crippen molar-refractivity contribution in [1.82, 2.24) is 10.1 Å². The fourth-order valence-corrected chi connectivity index (χ4v) is 3.36. The highest BCUT2D eigenvalue weighted by Crippen LogP contribution is 2.32. The Morgan fingerprint density at radius 2 is 2.07 bits per heavy atom. The van der Waals surface area contributed by atoms with E-state index in [-0.39, 0.29) is 17.7 Å². The summed E-state index contributed by atoms with van der Waals surface area (Å²) in [5.74, 6) is 0.734. The largest absolute Gasteiger partial charge is 0.461 e. The van der Waals surface area contributed by atoms with Crippen LogP contribution in [0.15, 0.2) is 57.7 Å². The lowest BCUT2D eigenvalue weighted by molar-refractivity contribution is -0.0849. The summed E-state index contributed by atoms with van der Waals surface area (Å²) in [4.78, 5) is 14.9. The van der Waals surface area contributed by atoms with Crippen molar-refractivity contribution in [3.63, 3.8) is 0 Å². The van der Waals surface area contributed by atoms with Crippen LogP contribution in [0.4, 0.5) is 0 Å². The lowest BCUT2D eigenvalue weighted by Gasteiger charge is -2.45. The molecular weight excluding hydrogens is 368 g/mol. The minimum absolute atomic E-state index is 0.211. The third kappa shape index (κ3) is 3.50. The van der Waals surface area contributed by atoms with Gasteiger partial charge in [-0.1, -0.05) is 28.9 Å². The van der Waals surface area contributed by atoms with Crippen molar-refractivity contribution in [2.24, 2.45) is 0 Å². The highest BCUT2D eigenvalue weighted by Gasteiger charge is 2.40. The highest BCUT2D eigenvalue weighted by atomic mass is 35.5. The summed E-state index contributed by atoms with van der Waals surface area (Å²) in [6.07, 6.45) is 1.29. The molecule has 1 fully saturated rings. The average Bonchev–Trinajstić information content (AvgIpc) is 3.32. The van der Waals surface area contributed by atoms with Gasteiger partial charge in [-0.25, -0.2) is 0 Å². The minimum atomic E-state index is -0.476. The molecule has 0 spiro atoms. The van der Waals surface area contributed by atoms with Crippen molar-refractivity contribution in [1.29, 1.82) is 0 Å². The van der Waals surface area contributed by atoms with Crippen LogP contribution < -0.4 is 0 Å². The third-order valence-electron chi connectivity index (χ3n) is 4.68. The van der Waals surface area contributed by atoms with Gasteiger partial charge in [0.15, 0.2) is 11.5 Å². The van der Waals surface area contributed by atoms with E-state index in [9.17, 15) is 4.79 Å². The molecule has 1 aliphatic rings. The van der Waals surface area contributed by atoms with E-state index in [1.54, 1.807) is 29.4 Å². The molecule has 1 saturated heterocycles. The fraction of sp³-hybridized carbons (Fsp3) is 0.300. The maximum absolute atomic E-state index is 13.1. The van der Waals surface area contributed by atoms with Gasteiger partial charge in [-0.3, -0.25) is 4.79 Å². The second-order valence-electron chi connectivity index (χ2n) is 7.14. The number of amides is 1. The summed E-state index contributed by atoms with van der Waals surface area (Å²) in [6, 6.07) is 12.6. The summed E-state index contributed by atoms with van der Waals surface area (Å²) in [6.45, 7) is 4.73. The first-order valence-electron chi connectivity index (χ1n) is 8.64. The SMILES string of the molecule is CC1(C)COC(c2cccc(Cl)c2)CN1C(=O)c1cc(-c2ccco2)on1. The molecule has 3 aromatic rings. The first-order valence-corrected chi connectivity index (χ1v) is 9.01. The predicted molar refractivity (Wildman–Crippen MR) is 99.5 cm³/mol. The van der Waals surface area contributed by atoms with E-state index in [0.29, 0.717) is 29.7 Å². The van der Waals surface area contributed by atoms with Gasteiger partial charge >= 0.3 is 0 Å². The minimum Gasteiger partial charge on any atom is -0.461 e. The van der Waals surface area contributed by atoms with Gasteiger partial charge in [0.2, 0.25) is 5.76 Å². The number of hydrogen-bond donors (Lipinski definition) is 0. The van der Waals surface area contributed by atoms with Crippen LogP contribution in [-0.2, 0) is 4.74 Å². The van der Waals surface area contributed by atoms with Crippen LogP contribution in [0.1, 0.15) is 36.0 Å². The summed E-state index contributed by atoms with van der Waals surface area (Å²) in [5.41, 5.74) is 0.698. The lowest BCUT2D eigenvalue weighted by Crippen LogP contribution is -2.56. The molecule has 7 heteroatoms. The van der Waals surface area contributed by atoms with Crippen LogP contribution in [0.5, 0.6) is 0 Å². The number of hydrogen-bond acceptors (Lipinski definition) is 5. The average molecular weight is 387 g/mol. The second-order valence-corrected chi connectivity index (χ2v) is 7.57. The van der Waals surface area contributed by atoms with Gasteiger partial charge in [-0.2, -0.15) is 0 Å². The van der Waals surface area contributed by atoms with Crippen molar-refractivity contribution in [3.05, 3.63) is 65.0 Å². The van der Waals surface area contributed by atoms with Gasteiger partial charge < -0.3 is 18.6 Å². The third-order valence-corrected chi connectivity index (χ3v) is 4.91. The number of aromatic nitrogens is 1. The highest BCUT2D eigenvalue weighted by molar-refractivity contribution is 6.30. The first-order chi connectivity index (χ1) is 12.9. The molecule has 1 aliphatic heterocycles. The van der Waals surface area contributed by atoms with E-state index < -0.39 is 5.54 Å². The molecule has 140 valence electrons. The molecule has 6 nitrogen and oxygen atoms in total. The Morgan fingerprint density at radius 3 is 2.81 bits per heavy atom. The molecule has 3 heterocycles. The molecule has 0 saturated carbocycles. The van der Waals surface area contributed by atoms with Crippen molar-refractivity contribution >= 4 is 17.5 Å². The fourth-order valence-electron chi connectivity index (χ4n) is 3.16. The van der Waals surface area contributed by atoms with E-state index >= 15 is 0 Å². The Labute approximate surface area is 161 Å². The monoisotopic (exact) mass is 386 g/mol. The molecule has 1 unspecified atom stereocenters. The van der Waals surface area contributed by atoms with E-state index in [1.165, 1.54) is 0 Å². The molecule has 1 atom stereocenters. The molecule has 1 amide bonds. The number of furan rings is 1. The zero-order chi connectivity index (χ0) is 19.0. The number of carbonyl (C=O) groups excluding carboxylic acids is 1. The number of halogens is 1. The lowest BCUT2D eigenvalue weighted by atomic mass is 9.97. The quantitative estimate of drug-likeness (QED) is 0.659. The van der Waals surface area contributed by atoms with Crippen LogP contribution in [0.25, 0.3) is 11.5 Å². The second kappa shape index (κ2) is 6.87. The van der Waals surface area contributed by atoms with E-state index in [4.69, 9.17) is 25.3 Å². The van der Waals surface area contributed by atoms with E-state index in [2.05, 4.69) is 5.16 Å². The number of ether oxygens (including phenoxy) is 1. The Hall–Kier alpha value is -2.57. The van der Waals surface area contributed by atoms with Crippen molar-refractivity contribution in [2.45, 2.75) is 25.5 Å². The molecule has 1 aromatic carbocycles. The molecule has 2 aromatic heterocycles. The van der Waals surface area contributed by atoms with Crippen molar-refractivity contribution < 1.29 is 18.5 Å². The smallest absolute Gasteiger partial charge is 0.276 e. The van der Waals surface area contributed by atoms with E-state index in [1.807, 2.05) is 38.1 Å². The van der Waals surface area contributed by atoms with Crippen LogP contribution in [0.3, 0.4) is 0 Å². The Balaban J connectivity index is 1.59. The first kappa shape index (κ1) is 17.8. The number of nitrogens with zero attached hydrogens (tertiary/aromatic N) is 2. The normalized spacial score (nSPS) is 19.2. The zero-order valence-corrected chi connectivity index (χ0v) is 15.8. The van der Waals surface area contributed by atoms with Crippen LogP contribution in [-0.4, -0.2) is 34.7 Å². The molecule has 0 N–H and O–H groups in total. The Morgan fingerprint density at radius 1 is 1.22 bits per heavy atom. The standard InChI is InChI=1S/C20H19ClN2O4/c1-20(2)12-26-18(13-5-3-6-14(21)9-13)11-23(20)19(24)15-10-17(27-22-15)16-7-4-8-25-16/h3-10,18H,11-12H2,1-2H3. The van der Waals surface area contributed by atoms with Crippen LogP contribution >= 0.6 is 11.6 Å². The number of benzene rings is 1. The van der Waals surface area contributed by atoms with Gasteiger partial charge in [-0.05, 0) is 43.7 Å². The van der Waals surface area contributed by atoms with Crippen molar-refractivity contribution in [3.8, 4) is 11.5 Å². The van der Waals surface area contributed by atoms with Crippen LogP contribution in [0.2, 0.25) is 5.02 Å². The molecular formula is C20H19ClN2O4. The van der Waals surface area contributed by atoms with Gasteiger partial charge in [0.25, 0.3) is 5.91 Å². The Kier molecular flexibility index (Phi) is 4.53. The maximum atomic E-state index is 13.1. The summed E-state index contributed by atoms with van der Waals surface area (Å²) in [5, 5.41) is 4.57. The van der Waals surface area contributed by atoms with Crippen LogP contribution in [0, 0.1) is 0 Å². The Bertz CT molecular complexity index is 949. The molecule has 27 heavy (non-hydrogen) atoms. The summed E-state index contributed by atoms with van der Waals surface area (Å²) in [7, 11) is 0. The van der Waals surface area contributed by atoms with Gasteiger partial charge in [0.1, 0.15) is 6.10 Å². The van der Waals surface area contributed by atoms with Gasteiger partial charge in [0, 0.05) is 11.1 Å². The van der Waals surface area contributed by atoms with Gasteiger partial charge in [-0.15, -0.1) is 0 Å². The molecule has 0 bridgehead atoms. The number of rotatable bonds is 3. The topological polar surface area (TPSA) is 68.7 Å². The van der Waals surface area contributed by atoms with Crippen molar-refractivity contribution in [2.75, 3.05) is 13.2 Å². The molecule has 0 aliphatic carbocycles. The van der Waals surface area contributed by atoms with E-state index in [0.717, 1.165) is 5.56 Å². The molecule has 0 radical (unpaired) electrons. The summed E-state index contributed by atoms with van der Waals surface area (Å²) >= 11 is 6.10. The van der Waals surface area contributed by atoms with Gasteiger partial charge in [0.05, 0.1) is 25.0 Å². The predicted octanol–water partition coefficient (Wildman–Crippen LogP) is 4.58. The number of morpholine rings is 1. The zero-order valence-electron chi connectivity index (χ0n) is 15.0. The molecule has 4 rings (SSSR count). The maximum Gasteiger partial charge on any atom is 0.276 e. The summed E-state index contributed by atoms with van der Waals surface area (Å²) < 4.78 is 16.6. The number of carbonyl (C=O) groups is 1.